The van der Waals surface area contributed by atoms with Crippen LogP contribution in [0.5, 0.6) is 0 Å². The van der Waals surface area contributed by atoms with Gasteiger partial charge in [0.2, 0.25) is 0 Å². The lowest BCUT2D eigenvalue weighted by molar-refractivity contribution is -0.0963. The summed E-state index contributed by atoms with van der Waals surface area (Å²) < 4.78 is 8.18. The highest BCUT2D eigenvalue weighted by Crippen LogP contribution is 2.41. The van der Waals surface area contributed by atoms with E-state index < -0.39 is 5.60 Å². The molecule has 1 N–H and O–H groups in total. The maximum atomic E-state index is 12.8. The van der Waals surface area contributed by atoms with Crippen molar-refractivity contribution >= 4 is 5.91 Å². The Morgan fingerprint density at radius 3 is 2.66 bits per heavy atom. The van der Waals surface area contributed by atoms with Crippen LogP contribution >= 0.6 is 0 Å². The Bertz CT molecular complexity index is 1090. The van der Waals surface area contributed by atoms with Crippen molar-refractivity contribution in [3.05, 3.63) is 82.0 Å². The van der Waals surface area contributed by atoms with Crippen molar-refractivity contribution in [2.24, 2.45) is 0 Å². The molecule has 2 aromatic heterocycles. The Morgan fingerprint density at radius 1 is 1.10 bits per heavy atom. The summed E-state index contributed by atoms with van der Waals surface area (Å²) in [5, 5.41) is 4.87. The number of likely N-dealkylation sites (tertiary alicyclic amines) is 1. The molecule has 2 aliphatic rings. The Balaban J connectivity index is 1.39. The van der Waals surface area contributed by atoms with Crippen molar-refractivity contribution in [3.63, 3.8) is 0 Å². The van der Waals surface area contributed by atoms with Gasteiger partial charge >= 0.3 is 0 Å². The standard InChI is InChI=1S/C22H22N4O3/c27-20-18(7-4-11-23-20)21(28)25-12-9-22(10-13-25)19-16(8-14-29-22)15-26(24-19)17-5-2-1-3-6-17/h1-7,11,15H,8-10,12-14H2,(H,23,27). The molecular formula is C22H22N4O3. The number of carbonyl (C=O) groups excluding carboxylic acids is 1. The molecule has 1 saturated heterocycles. The van der Waals surface area contributed by atoms with E-state index in [1.54, 1.807) is 17.0 Å². The number of nitrogens with zero attached hydrogens (tertiary/aromatic N) is 3. The molecule has 29 heavy (non-hydrogen) atoms. The van der Waals surface area contributed by atoms with Crippen LogP contribution in [0.25, 0.3) is 5.69 Å². The SMILES string of the molecule is O=C(c1ccc[nH]c1=O)N1CCC2(CC1)OCCc1cn(-c3ccccc3)nc12. The molecule has 0 radical (unpaired) electrons. The van der Waals surface area contributed by atoms with E-state index in [4.69, 9.17) is 9.84 Å². The van der Waals surface area contributed by atoms with Crippen LogP contribution < -0.4 is 5.56 Å². The lowest BCUT2D eigenvalue weighted by atomic mass is 9.83. The second-order valence-electron chi connectivity index (χ2n) is 7.58. The van der Waals surface area contributed by atoms with Crippen molar-refractivity contribution in [1.82, 2.24) is 19.7 Å². The highest BCUT2D eigenvalue weighted by molar-refractivity contribution is 5.93. The minimum absolute atomic E-state index is 0.182. The van der Waals surface area contributed by atoms with Crippen LogP contribution in [0, 0.1) is 0 Å². The van der Waals surface area contributed by atoms with Gasteiger partial charge in [-0.2, -0.15) is 5.10 Å². The first-order valence-corrected chi connectivity index (χ1v) is 9.92. The number of piperidine rings is 1. The number of para-hydroxylation sites is 1. The van der Waals surface area contributed by atoms with Crippen LogP contribution in [0.15, 0.2) is 59.7 Å². The number of H-pyrrole nitrogens is 1. The molecule has 5 rings (SSSR count). The van der Waals surface area contributed by atoms with Gasteiger partial charge in [0, 0.05) is 25.5 Å². The number of benzene rings is 1. The topological polar surface area (TPSA) is 80.2 Å². The number of amides is 1. The van der Waals surface area contributed by atoms with Gasteiger partial charge in [-0.3, -0.25) is 9.59 Å². The fraction of sp³-hybridized carbons (Fsp3) is 0.318. The quantitative estimate of drug-likeness (QED) is 0.728. The average Bonchev–Trinajstić information content (AvgIpc) is 3.21. The van der Waals surface area contributed by atoms with Crippen molar-refractivity contribution in [1.29, 1.82) is 0 Å². The molecule has 1 spiro atoms. The second-order valence-corrected chi connectivity index (χ2v) is 7.58. The maximum absolute atomic E-state index is 12.8. The summed E-state index contributed by atoms with van der Waals surface area (Å²) >= 11 is 0. The minimum Gasteiger partial charge on any atom is -0.368 e. The molecule has 7 heteroatoms. The third kappa shape index (κ3) is 3.07. The largest absolute Gasteiger partial charge is 0.368 e. The van der Waals surface area contributed by atoms with Gasteiger partial charge < -0.3 is 14.6 Å². The zero-order chi connectivity index (χ0) is 19.8. The van der Waals surface area contributed by atoms with Gasteiger partial charge in [-0.15, -0.1) is 0 Å². The highest BCUT2D eigenvalue weighted by atomic mass is 16.5. The first-order chi connectivity index (χ1) is 14.2. The van der Waals surface area contributed by atoms with Crippen LogP contribution in [0.1, 0.15) is 34.5 Å². The van der Waals surface area contributed by atoms with Gasteiger partial charge in [0.1, 0.15) is 11.2 Å². The number of aromatic nitrogens is 3. The predicted molar refractivity (Wildman–Crippen MR) is 107 cm³/mol. The highest BCUT2D eigenvalue weighted by Gasteiger charge is 2.44. The van der Waals surface area contributed by atoms with Crippen LogP contribution in [-0.2, 0) is 16.8 Å². The Kier molecular flexibility index (Phi) is 4.32. The number of ether oxygens (including phenoxy) is 1. The summed E-state index contributed by atoms with van der Waals surface area (Å²) in [6.07, 6.45) is 5.80. The second kappa shape index (κ2) is 7.00. The smallest absolute Gasteiger partial charge is 0.260 e. The van der Waals surface area contributed by atoms with E-state index in [0.29, 0.717) is 32.5 Å². The fourth-order valence-electron chi connectivity index (χ4n) is 4.33. The molecule has 0 saturated carbocycles. The molecule has 0 atom stereocenters. The number of rotatable bonds is 2. The van der Waals surface area contributed by atoms with Crippen LogP contribution in [0.3, 0.4) is 0 Å². The van der Waals surface area contributed by atoms with E-state index in [-0.39, 0.29) is 17.0 Å². The van der Waals surface area contributed by atoms with Crippen LogP contribution in [-0.4, -0.2) is 45.3 Å². The molecule has 1 fully saturated rings. The Morgan fingerprint density at radius 2 is 1.90 bits per heavy atom. The molecule has 0 unspecified atom stereocenters. The van der Waals surface area contributed by atoms with Crippen LogP contribution in [0.4, 0.5) is 0 Å². The first-order valence-electron chi connectivity index (χ1n) is 9.92. The van der Waals surface area contributed by atoms with E-state index in [2.05, 4.69) is 11.2 Å². The average molecular weight is 390 g/mol. The summed E-state index contributed by atoms with van der Waals surface area (Å²) in [6.45, 7) is 1.72. The summed E-state index contributed by atoms with van der Waals surface area (Å²) in [5.41, 5.74) is 2.58. The van der Waals surface area contributed by atoms with Gasteiger partial charge in [-0.1, -0.05) is 18.2 Å². The van der Waals surface area contributed by atoms with Gasteiger partial charge in [0.15, 0.2) is 0 Å². The number of fused-ring (bicyclic) bond motifs is 2. The van der Waals surface area contributed by atoms with Crippen molar-refractivity contribution in [2.45, 2.75) is 24.9 Å². The fourth-order valence-corrected chi connectivity index (χ4v) is 4.33. The number of carbonyl (C=O) groups is 1. The summed E-state index contributed by atoms with van der Waals surface area (Å²) in [7, 11) is 0. The summed E-state index contributed by atoms with van der Waals surface area (Å²) in [4.78, 5) is 29.0. The van der Waals surface area contributed by atoms with E-state index in [9.17, 15) is 9.59 Å². The van der Waals surface area contributed by atoms with Gasteiger partial charge in [-0.05, 0) is 49.1 Å². The molecule has 3 aromatic rings. The summed E-state index contributed by atoms with van der Waals surface area (Å²) in [5.74, 6) is -0.229. The molecule has 0 aliphatic carbocycles. The van der Waals surface area contributed by atoms with Crippen molar-refractivity contribution < 1.29 is 9.53 Å². The molecular weight excluding hydrogens is 368 g/mol. The monoisotopic (exact) mass is 390 g/mol. The number of hydrogen-bond donors (Lipinski definition) is 1. The zero-order valence-corrected chi connectivity index (χ0v) is 16.0. The number of aromatic amines is 1. The predicted octanol–water partition coefficient (Wildman–Crippen LogP) is 2.26. The molecule has 1 aromatic carbocycles. The van der Waals surface area contributed by atoms with Crippen molar-refractivity contribution in [2.75, 3.05) is 19.7 Å². The van der Waals surface area contributed by atoms with E-state index in [1.165, 1.54) is 11.8 Å². The lowest BCUT2D eigenvalue weighted by Crippen LogP contribution is -2.49. The number of nitrogens with one attached hydrogen (secondary N) is 1. The van der Waals surface area contributed by atoms with Gasteiger partial charge in [0.25, 0.3) is 11.5 Å². The minimum atomic E-state index is -0.465. The van der Waals surface area contributed by atoms with E-state index in [0.717, 1.165) is 17.8 Å². The lowest BCUT2D eigenvalue weighted by Gasteiger charge is -2.42. The Hall–Kier alpha value is -3.19. The number of pyridine rings is 1. The van der Waals surface area contributed by atoms with Gasteiger partial charge in [0.05, 0.1) is 18.0 Å². The third-order valence-electron chi connectivity index (χ3n) is 5.90. The van der Waals surface area contributed by atoms with Gasteiger partial charge in [-0.25, -0.2) is 4.68 Å². The molecule has 1 amide bonds. The maximum Gasteiger partial charge on any atom is 0.260 e. The normalized spacial score (nSPS) is 17.9. The van der Waals surface area contributed by atoms with Crippen molar-refractivity contribution in [3.8, 4) is 5.69 Å². The molecule has 148 valence electrons. The van der Waals surface area contributed by atoms with E-state index >= 15 is 0 Å². The van der Waals surface area contributed by atoms with Crippen LogP contribution in [0.2, 0.25) is 0 Å². The molecule has 4 heterocycles. The first kappa shape index (κ1) is 17.9. The molecule has 0 bridgehead atoms. The molecule has 2 aliphatic heterocycles. The number of hydrogen-bond acceptors (Lipinski definition) is 4. The zero-order valence-electron chi connectivity index (χ0n) is 16.0. The van der Waals surface area contributed by atoms with E-state index in [1.807, 2.05) is 35.0 Å². The third-order valence-corrected chi connectivity index (χ3v) is 5.90. The summed E-state index contributed by atoms with van der Waals surface area (Å²) in [6, 6.07) is 13.3. The Labute approximate surface area is 167 Å². The molecule has 7 nitrogen and oxygen atoms in total.